The van der Waals surface area contributed by atoms with Crippen LogP contribution in [0.25, 0.3) is 0 Å². The molecule has 1 aliphatic heterocycles. The van der Waals surface area contributed by atoms with Crippen molar-refractivity contribution in [3.8, 4) is 0 Å². The molecule has 0 amide bonds. The number of nitrogens with one attached hydrogen (secondary N) is 1. The van der Waals surface area contributed by atoms with Gasteiger partial charge in [-0.25, -0.2) is 4.79 Å². The number of anilines is 1. The molecule has 1 aliphatic rings. The number of carbonyl (C=O) groups excluding carboxylic acids is 1. The Balaban J connectivity index is 2.32. The quantitative estimate of drug-likeness (QED) is 0.687. The van der Waals surface area contributed by atoms with Gasteiger partial charge in [0.25, 0.3) is 0 Å². The first-order valence-electron chi connectivity index (χ1n) is 4.98. The summed E-state index contributed by atoms with van der Waals surface area (Å²) in [6.45, 7) is 3.60. The Bertz CT molecular complexity index is 386. The van der Waals surface area contributed by atoms with Crippen molar-refractivity contribution in [3.05, 3.63) is 11.3 Å². The monoisotopic (exact) mass is 210 g/mol. The zero-order valence-corrected chi connectivity index (χ0v) is 8.62. The van der Waals surface area contributed by atoms with Crippen molar-refractivity contribution in [1.82, 2.24) is 15.1 Å². The molecule has 0 saturated heterocycles. The van der Waals surface area contributed by atoms with Gasteiger partial charge >= 0.3 is 6.09 Å². The van der Waals surface area contributed by atoms with Gasteiger partial charge in [0.1, 0.15) is 5.82 Å². The molecule has 0 unspecified atom stereocenters. The van der Waals surface area contributed by atoms with E-state index in [4.69, 9.17) is 10.5 Å². The van der Waals surface area contributed by atoms with E-state index >= 15 is 0 Å². The molecule has 1 aromatic heterocycles. The fourth-order valence-corrected chi connectivity index (χ4v) is 1.65. The Morgan fingerprint density at radius 1 is 1.73 bits per heavy atom. The van der Waals surface area contributed by atoms with E-state index in [1.54, 1.807) is 6.92 Å². The summed E-state index contributed by atoms with van der Waals surface area (Å²) < 4.78 is 5.99. The highest BCUT2D eigenvalue weighted by atomic mass is 16.6. The molecular weight excluding hydrogens is 196 g/mol. The van der Waals surface area contributed by atoms with Crippen LogP contribution in [-0.2, 0) is 17.7 Å². The van der Waals surface area contributed by atoms with E-state index in [2.05, 4.69) is 10.4 Å². The predicted molar refractivity (Wildman–Crippen MR) is 54.5 cm³/mol. The summed E-state index contributed by atoms with van der Waals surface area (Å²) in [6, 6.07) is 0. The minimum atomic E-state index is -0.510. The van der Waals surface area contributed by atoms with Crippen molar-refractivity contribution < 1.29 is 9.53 Å². The number of aromatic nitrogens is 2. The zero-order valence-electron chi connectivity index (χ0n) is 8.62. The maximum Gasteiger partial charge on any atom is 0.436 e. The van der Waals surface area contributed by atoms with E-state index in [0.29, 0.717) is 19.0 Å². The average molecular weight is 210 g/mol. The fraction of sp³-hybridized carbons (Fsp3) is 0.556. The normalized spacial score (nSPS) is 14.7. The van der Waals surface area contributed by atoms with Crippen LogP contribution in [0.4, 0.5) is 10.6 Å². The Labute approximate surface area is 87.4 Å². The van der Waals surface area contributed by atoms with Gasteiger partial charge in [0.2, 0.25) is 0 Å². The molecule has 0 radical (unpaired) electrons. The Hall–Kier alpha value is -1.56. The highest BCUT2D eigenvalue weighted by Gasteiger charge is 2.21. The molecule has 2 heterocycles. The van der Waals surface area contributed by atoms with Crippen LogP contribution in [0.2, 0.25) is 0 Å². The Kier molecular flexibility index (Phi) is 2.59. The zero-order chi connectivity index (χ0) is 10.8. The van der Waals surface area contributed by atoms with Gasteiger partial charge < -0.3 is 15.8 Å². The van der Waals surface area contributed by atoms with E-state index in [1.165, 1.54) is 0 Å². The summed E-state index contributed by atoms with van der Waals surface area (Å²) >= 11 is 0. The summed E-state index contributed by atoms with van der Waals surface area (Å²) in [6.07, 6.45) is 0.288. The number of rotatable bonds is 1. The molecule has 0 bridgehead atoms. The second-order valence-corrected chi connectivity index (χ2v) is 3.35. The molecule has 0 spiro atoms. The van der Waals surface area contributed by atoms with Crippen LogP contribution in [-0.4, -0.2) is 29.0 Å². The summed E-state index contributed by atoms with van der Waals surface area (Å²) in [4.78, 5) is 11.5. The van der Waals surface area contributed by atoms with Gasteiger partial charge in [-0.3, -0.25) is 0 Å². The molecule has 6 heteroatoms. The van der Waals surface area contributed by atoms with E-state index in [9.17, 15) is 4.79 Å². The standard InChI is InChI=1S/C9H14N4O2/c1-2-15-9(14)13-8(10)6-5-11-4-3-7(6)12-13/h11H,2-5,10H2,1H3. The van der Waals surface area contributed by atoms with Gasteiger partial charge in [0.15, 0.2) is 0 Å². The van der Waals surface area contributed by atoms with Crippen molar-refractivity contribution in [1.29, 1.82) is 0 Å². The van der Waals surface area contributed by atoms with Crippen LogP contribution in [0, 0.1) is 0 Å². The first-order chi connectivity index (χ1) is 7.24. The molecule has 1 aromatic rings. The van der Waals surface area contributed by atoms with E-state index in [0.717, 1.165) is 28.9 Å². The first-order valence-corrected chi connectivity index (χ1v) is 4.98. The van der Waals surface area contributed by atoms with Gasteiger partial charge in [-0.05, 0) is 6.92 Å². The molecular formula is C9H14N4O2. The van der Waals surface area contributed by atoms with Gasteiger partial charge in [-0.1, -0.05) is 0 Å². The third-order valence-corrected chi connectivity index (χ3v) is 2.39. The number of hydrogen-bond donors (Lipinski definition) is 2. The van der Waals surface area contributed by atoms with Crippen LogP contribution in [0.15, 0.2) is 0 Å². The van der Waals surface area contributed by atoms with E-state index in [1.807, 2.05) is 0 Å². The lowest BCUT2D eigenvalue weighted by Crippen LogP contribution is -2.23. The molecule has 15 heavy (non-hydrogen) atoms. The first kappa shape index (κ1) is 9.97. The van der Waals surface area contributed by atoms with Crippen molar-refractivity contribution in [2.75, 3.05) is 18.9 Å². The maximum absolute atomic E-state index is 11.5. The molecule has 3 N–H and O–H groups in total. The lowest BCUT2D eigenvalue weighted by atomic mass is 10.1. The van der Waals surface area contributed by atoms with Crippen molar-refractivity contribution in [2.24, 2.45) is 0 Å². The van der Waals surface area contributed by atoms with Crippen LogP contribution in [0.3, 0.4) is 0 Å². The van der Waals surface area contributed by atoms with Crippen LogP contribution in [0.5, 0.6) is 0 Å². The highest BCUT2D eigenvalue weighted by Crippen LogP contribution is 2.19. The molecule has 0 saturated carbocycles. The number of ether oxygens (including phenoxy) is 1. The molecule has 6 nitrogen and oxygen atoms in total. The van der Waals surface area contributed by atoms with Crippen LogP contribution >= 0.6 is 0 Å². The summed E-state index contributed by atoms with van der Waals surface area (Å²) in [5, 5.41) is 7.33. The van der Waals surface area contributed by atoms with E-state index < -0.39 is 6.09 Å². The Morgan fingerprint density at radius 3 is 3.20 bits per heavy atom. The number of hydrogen-bond acceptors (Lipinski definition) is 5. The van der Waals surface area contributed by atoms with Crippen molar-refractivity contribution in [3.63, 3.8) is 0 Å². The largest absolute Gasteiger partial charge is 0.448 e. The smallest absolute Gasteiger partial charge is 0.436 e. The number of nitrogens with zero attached hydrogens (tertiary/aromatic N) is 2. The van der Waals surface area contributed by atoms with Gasteiger partial charge in [0.05, 0.1) is 12.3 Å². The summed E-state index contributed by atoms with van der Waals surface area (Å²) in [5.41, 5.74) is 7.61. The number of fused-ring (bicyclic) bond motifs is 1. The maximum atomic E-state index is 11.5. The summed E-state index contributed by atoms with van der Waals surface area (Å²) in [5.74, 6) is 0.385. The number of carbonyl (C=O) groups is 1. The SMILES string of the molecule is CCOC(=O)n1nc2c(c1N)CNCC2. The van der Waals surface area contributed by atoms with Crippen molar-refractivity contribution in [2.45, 2.75) is 19.9 Å². The van der Waals surface area contributed by atoms with Gasteiger partial charge in [0, 0.05) is 25.1 Å². The molecule has 0 atom stereocenters. The fourth-order valence-electron chi connectivity index (χ4n) is 1.65. The van der Waals surface area contributed by atoms with Gasteiger partial charge in [-0.15, -0.1) is 4.68 Å². The topological polar surface area (TPSA) is 82.2 Å². The van der Waals surface area contributed by atoms with Crippen LogP contribution < -0.4 is 11.1 Å². The lowest BCUT2D eigenvalue weighted by Gasteiger charge is -2.10. The average Bonchev–Trinajstić information content (AvgIpc) is 2.57. The molecule has 0 aliphatic carbocycles. The van der Waals surface area contributed by atoms with Crippen molar-refractivity contribution >= 4 is 11.9 Å². The summed E-state index contributed by atoms with van der Waals surface area (Å²) in [7, 11) is 0. The molecule has 0 fully saturated rings. The number of nitrogens with two attached hydrogens (primary N) is 1. The predicted octanol–water partition coefficient (Wildman–Crippen LogP) is 0.116. The lowest BCUT2D eigenvalue weighted by molar-refractivity contribution is 0.151. The second-order valence-electron chi connectivity index (χ2n) is 3.35. The number of nitrogen functional groups attached to an aromatic ring is 1. The highest BCUT2D eigenvalue weighted by molar-refractivity contribution is 5.74. The molecule has 82 valence electrons. The molecule has 2 rings (SSSR count). The van der Waals surface area contributed by atoms with Gasteiger partial charge in [-0.2, -0.15) is 5.10 Å². The Morgan fingerprint density at radius 2 is 2.53 bits per heavy atom. The van der Waals surface area contributed by atoms with E-state index in [-0.39, 0.29) is 0 Å². The second kappa shape index (κ2) is 3.90. The minimum Gasteiger partial charge on any atom is -0.448 e. The third kappa shape index (κ3) is 1.68. The van der Waals surface area contributed by atoms with Crippen LogP contribution in [0.1, 0.15) is 18.2 Å². The minimum absolute atomic E-state index is 0.320. The molecule has 0 aromatic carbocycles. The third-order valence-electron chi connectivity index (χ3n) is 2.39.